The summed E-state index contributed by atoms with van der Waals surface area (Å²) in [5.74, 6) is 0.316. The molecule has 4 rings (SSSR count). The fourth-order valence-electron chi connectivity index (χ4n) is 3.75. The van der Waals surface area contributed by atoms with E-state index in [0.717, 1.165) is 35.0 Å². The molecule has 2 heterocycles. The van der Waals surface area contributed by atoms with Crippen LogP contribution in [-0.4, -0.2) is 33.1 Å². The van der Waals surface area contributed by atoms with E-state index >= 15 is 0 Å². The number of carbonyl (C=O) groups excluding carboxylic acids is 1. The van der Waals surface area contributed by atoms with Crippen LogP contribution in [0.3, 0.4) is 0 Å². The van der Waals surface area contributed by atoms with Crippen LogP contribution in [-0.2, 0) is 17.6 Å². The van der Waals surface area contributed by atoms with Crippen LogP contribution in [0.1, 0.15) is 24.1 Å². The van der Waals surface area contributed by atoms with Crippen molar-refractivity contribution in [2.75, 3.05) is 0 Å². The Morgan fingerprint density at radius 3 is 2.81 bits per heavy atom. The first kappa shape index (κ1) is 16.8. The first-order valence-electron chi connectivity index (χ1n) is 9.11. The van der Waals surface area contributed by atoms with Crippen LogP contribution in [0.2, 0.25) is 0 Å². The van der Waals surface area contributed by atoms with Crippen LogP contribution in [0.25, 0.3) is 10.9 Å². The summed E-state index contributed by atoms with van der Waals surface area (Å²) in [6.07, 6.45) is 5.96. The zero-order chi connectivity index (χ0) is 17.9. The molecule has 1 aliphatic rings. The Morgan fingerprint density at radius 2 is 2.04 bits per heavy atom. The van der Waals surface area contributed by atoms with Crippen molar-refractivity contribution in [3.8, 4) is 0 Å². The van der Waals surface area contributed by atoms with E-state index in [4.69, 9.17) is 0 Å². The number of aromatic amines is 1. The zero-order valence-electron chi connectivity index (χ0n) is 14.6. The quantitative estimate of drug-likeness (QED) is 0.640. The topological polar surface area (TPSA) is 78.0 Å². The Kier molecular flexibility index (Phi) is 4.71. The predicted octanol–water partition coefficient (Wildman–Crippen LogP) is 2.60. The number of aromatic nitrogens is 2. The van der Waals surface area contributed by atoms with Crippen molar-refractivity contribution in [1.29, 1.82) is 0 Å². The summed E-state index contributed by atoms with van der Waals surface area (Å²) in [4.78, 5) is 20.3. The summed E-state index contributed by atoms with van der Waals surface area (Å²) in [5, 5.41) is 13.9. The van der Waals surface area contributed by atoms with E-state index in [1.807, 2.05) is 48.7 Å². The minimum atomic E-state index is -0.239. The van der Waals surface area contributed by atoms with Crippen molar-refractivity contribution in [2.24, 2.45) is 5.92 Å². The van der Waals surface area contributed by atoms with Crippen LogP contribution in [0.4, 0.5) is 0 Å². The summed E-state index contributed by atoms with van der Waals surface area (Å²) in [5.41, 5.74) is 3.01. The largest absolute Gasteiger partial charge is 0.393 e. The molecule has 0 spiro atoms. The molecule has 1 aliphatic carbocycles. The fourth-order valence-corrected chi connectivity index (χ4v) is 3.75. The van der Waals surface area contributed by atoms with Crippen LogP contribution in [0.5, 0.6) is 0 Å². The lowest BCUT2D eigenvalue weighted by atomic mass is 9.76. The van der Waals surface area contributed by atoms with Crippen molar-refractivity contribution < 1.29 is 9.90 Å². The van der Waals surface area contributed by atoms with Gasteiger partial charge in [0.05, 0.1) is 12.5 Å². The molecular weight excluding hydrogens is 326 g/mol. The van der Waals surface area contributed by atoms with Gasteiger partial charge in [0.15, 0.2) is 0 Å². The van der Waals surface area contributed by atoms with E-state index < -0.39 is 0 Å². The second kappa shape index (κ2) is 7.30. The molecule has 3 N–H and O–H groups in total. The third-order valence-electron chi connectivity index (χ3n) is 5.25. The van der Waals surface area contributed by atoms with Gasteiger partial charge in [0.25, 0.3) is 0 Å². The lowest BCUT2D eigenvalue weighted by Gasteiger charge is -2.38. The van der Waals surface area contributed by atoms with E-state index in [1.54, 1.807) is 6.20 Å². The molecule has 0 saturated heterocycles. The average molecular weight is 349 g/mol. The molecule has 1 saturated carbocycles. The summed E-state index contributed by atoms with van der Waals surface area (Å²) >= 11 is 0. The maximum absolute atomic E-state index is 12.7. The molecule has 1 amide bonds. The van der Waals surface area contributed by atoms with Crippen LogP contribution >= 0.6 is 0 Å². The van der Waals surface area contributed by atoms with E-state index in [1.165, 1.54) is 0 Å². The average Bonchev–Trinajstić information content (AvgIpc) is 3.02. The molecular formula is C21H23N3O2. The second-order valence-electron chi connectivity index (χ2n) is 7.12. The third-order valence-corrected chi connectivity index (χ3v) is 5.25. The van der Waals surface area contributed by atoms with E-state index in [-0.39, 0.29) is 18.1 Å². The van der Waals surface area contributed by atoms with Gasteiger partial charge in [0, 0.05) is 41.5 Å². The fraction of sp³-hybridized carbons (Fsp3) is 0.333. The maximum Gasteiger partial charge on any atom is 0.224 e. The van der Waals surface area contributed by atoms with Gasteiger partial charge in [-0.25, -0.2) is 0 Å². The molecule has 1 aromatic carbocycles. The number of nitrogens with zero attached hydrogens (tertiary/aromatic N) is 1. The van der Waals surface area contributed by atoms with Crippen molar-refractivity contribution in [2.45, 2.75) is 37.8 Å². The highest BCUT2D eigenvalue weighted by molar-refractivity contribution is 5.88. The maximum atomic E-state index is 12.7. The number of aliphatic hydroxyl groups is 1. The molecule has 3 aromatic rings. The van der Waals surface area contributed by atoms with Gasteiger partial charge in [-0.2, -0.15) is 0 Å². The number of nitrogens with one attached hydrogen (secondary N) is 2. The number of pyridine rings is 1. The molecule has 5 heteroatoms. The van der Waals surface area contributed by atoms with Crippen molar-refractivity contribution in [1.82, 2.24) is 15.3 Å². The smallest absolute Gasteiger partial charge is 0.224 e. The molecule has 0 radical (unpaired) electrons. The van der Waals surface area contributed by atoms with Gasteiger partial charge in [-0.1, -0.05) is 24.3 Å². The summed E-state index contributed by atoms with van der Waals surface area (Å²) in [6, 6.07) is 13.8. The summed E-state index contributed by atoms with van der Waals surface area (Å²) in [6.45, 7) is 0. The molecule has 26 heavy (non-hydrogen) atoms. The van der Waals surface area contributed by atoms with Crippen molar-refractivity contribution in [3.63, 3.8) is 0 Å². The molecule has 1 fully saturated rings. The molecule has 1 atom stereocenters. The molecule has 0 aliphatic heterocycles. The number of hydrogen-bond donors (Lipinski definition) is 3. The van der Waals surface area contributed by atoms with Gasteiger partial charge >= 0.3 is 0 Å². The molecule has 134 valence electrons. The predicted molar refractivity (Wildman–Crippen MR) is 101 cm³/mol. The van der Waals surface area contributed by atoms with E-state index in [0.29, 0.717) is 18.8 Å². The van der Waals surface area contributed by atoms with Crippen LogP contribution in [0, 0.1) is 5.92 Å². The number of benzene rings is 1. The monoisotopic (exact) mass is 349 g/mol. The summed E-state index contributed by atoms with van der Waals surface area (Å²) in [7, 11) is 0. The lowest BCUT2D eigenvalue weighted by molar-refractivity contribution is -0.122. The van der Waals surface area contributed by atoms with Gasteiger partial charge in [-0.05, 0) is 42.5 Å². The highest BCUT2D eigenvalue weighted by Gasteiger charge is 2.35. The molecule has 0 unspecified atom stereocenters. The van der Waals surface area contributed by atoms with E-state index in [9.17, 15) is 9.90 Å². The van der Waals surface area contributed by atoms with Crippen molar-refractivity contribution in [3.05, 3.63) is 66.1 Å². The SMILES string of the molecule is O=C(Cc1c[nH]c2ccccc12)N[C@@H](Cc1ccccn1)C1CC(O)C1. The van der Waals surface area contributed by atoms with Gasteiger partial charge in [0.1, 0.15) is 0 Å². The van der Waals surface area contributed by atoms with Gasteiger partial charge in [0.2, 0.25) is 5.91 Å². The van der Waals surface area contributed by atoms with Crippen molar-refractivity contribution >= 4 is 16.8 Å². The number of rotatable bonds is 6. The zero-order valence-corrected chi connectivity index (χ0v) is 14.6. The summed E-state index contributed by atoms with van der Waals surface area (Å²) < 4.78 is 0. The lowest BCUT2D eigenvalue weighted by Crippen LogP contribution is -2.48. The third kappa shape index (κ3) is 3.63. The minimum Gasteiger partial charge on any atom is -0.393 e. The number of amides is 1. The highest BCUT2D eigenvalue weighted by Crippen LogP contribution is 2.31. The van der Waals surface area contributed by atoms with Gasteiger partial charge in [-0.3, -0.25) is 9.78 Å². The Morgan fingerprint density at radius 1 is 1.23 bits per heavy atom. The normalized spacial score (nSPS) is 20.5. The molecule has 5 nitrogen and oxygen atoms in total. The van der Waals surface area contributed by atoms with E-state index in [2.05, 4.69) is 15.3 Å². The Balaban J connectivity index is 1.45. The standard InChI is InChI=1S/C21H23N3O2/c25-17-9-14(10-17)20(12-16-5-3-4-8-22-16)24-21(26)11-15-13-23-19-7-2-1-6-18(15)19/h1-8,13-14,17,20,23,25H,9-12H2,(H,24,26)/t14?,17?,20-/m0/s1. The number of H-pyrrole nitrogens is 1. The highest BCUT2D eigenvalue weighted by atomic mass is 16.3. The number of fused-ring (bicyclic) bond motifs is 1. The molecule has 0 bridgehead atoms. The van der Waals surface area contributed by atoms with Crippen LogP contribution in [0.15, 0.2) is 54.9 Å². The van der Waals surface area contributed by atoms with Gasteiger partial charge in [-0.15, -0.1) is 0 Å². The Labute approximate surface area is 152 Å². The van der Waals surface area contributed by atoms with Gasteiger partial charge < -0.3 is 15.4 Å². The molecule has 2 aromatic heterocycles. The number of carbonyl (C=O) groups is 1. The Hall–Kier alpha value is -2.66. The number of hydrogen-bond acceptors (Lipinski definition) is 3. The van der Waals surface area contributed by atoms with Crippen LogP contribution < -0.4 is 5.32 Å². The minimum absolute atomic E-state index is 0.00556. The number of aliphatic hydroxyl groups excluding tert-OH is 1. The first-order valence-corrected chi connectivity index (χ1v) is 9.11. The Bertz CT molecular complexity index is 884. The number of para-hydroxylation sites is 1. The first-order chi connectivity index (χ1) is 12.7. The second-order valence-corrected chi connectivity index (χ2v) is 7.12.